The van der Waals surface area contributed by atoms with Crippen molar-refractivity contribution in [3.8, 4) is 5.75 Å². The van der Waals surface area contributed by atoms with Crippen molar-refractivity contribution >= 4 is 33.4 Å². The molecule has 32 heavy (non-hydrogen) atoms. The van der Waals surface area contributed by atoms with Gasteiger partial charge in [0.15, 0.2) is 6.10 Å². The lowest BCUT2D eigenvalue weighted by Gasteiger charge is -2.38. The van der Waals surface area contributed by atoms with Crippen LogP contribution in [0.25, 0.3) is 0 Å². The first kappa shape index (κ1) is 20.7. The number of hydrogen-bond acceptors (Lipinski definition) is 6. The molecular weight excluding hydrogens is 432 g/mol. The Bertz CT molecular complexity index is 1150. The van der Waals surface area contributed by atoms with Crippen LogP contribution >= 0.6 is 0 Å². The summed E-state index contributed by atoms with van der Waals surface area (Å²) in [5, 5.41) is 0. The average molecular weight is 457 g/mol. The van der Waals surface area contributed by atoms with Gasteiger partial charge in [-0.05, 0) is 43.5 Å². The third-order valence-electron chi connectivity index (χ3n) is 6.03. The van der Waals surface area contributed by atoms with Crippen molar-refractivity contribution in [3.63, 3.8) is 0 Å². The molecule has 2 amide bonds. The van der Waals surface area contributed by atoms with Crippen LogP contribution in [0.3, 0.4) is 0 Å². The number of piperidine rings is 1. The van der Waals surface area contributed by atoms with E-state index >= 15 is 0 Å². The maximum absolute atomic E-state index is 13.5. The minimum atomic E-state index is -3.47. The number of ether oxygens (including phenoxy) is 1. The highest BCUT2D eigenvalue weighted by atomic mass is 32.2. The summed E-state index contributed by atoms with van der Waals surface area (Å²) < 4.78 is 33.2. The fourth-order valence-corrected chi connectivity index (χ4v) is 5.33. The molecule has 1 aromatic carbocycles. The summed E-state index contributed by atoms with van der Waals surface area (Å²) in [6, 6.07) is 7.19. The zero-order chi connectivity index (χ0) is 22.3. The predicted molar refractivity (Wildman–Crippen MR) is 119 cm³/mol. The number of fused-ring (bicyclic) bond motifs is 2. The molecule has 168 valence electrons. The van der Waals surface area contributed by atoms with Crippen LogP contribution in [0.1, 0.15) is 19.3 Å². The van der Waals surface area contributed by atoms with E-state index in [0.29, 0.717) is 35.9 Å². The molecule has 4 aliphatic heterocycles. The molecule has 0 aromatic heterocycles. The van der Waals surface area contributed by atoms with E-state index in [2.05, 4.69) is 4.40 Å². The summed E-state index contributed by atoms with van der Waals surface area (Å²) >= 11 is 0. The Kier molecular flexibility index (Phi) is 5.24. The molecule has 10 heteroatoms. The van der Waals surface area contributed by atoms with E-state index in [1.165, 1.54) is 6.08 Å². The van der Waals surface area contributed by atoms with E-state index in [-0.39, 0.29) is 30.7 Å². The van der Waals surface area contributed by atoms with E-state index in [0.717, 1.165) is 19.3 Å². The van der Waals surface area contributed by atoms with Gasteiger partial charge in [-0.3, -0.25) is 9.59 Å². The van der Waals surface area contributed by atoms with Gasteiger partial charge in [0.25, 0.3) is 21.8 Å². The lowest BCUT2D eigenvalue weighted by Crippen LogP contribution is -2.53. The Morgan fingerprint density at radius 2 is 1.81 bits per heavy atom. The van der Waals surface area contributed by atoms with Gasteiger partial charge >= 0.3 is 0 Å². The molecule has 4 heterocycles. The quantitative estimate of drug-likeness (QED) is 0.665. The highest BCUT2D eigenvalue weighted by Gasteiger charge is 2.37. The highest BCUT2D eigenvalue weighted by Crippen LogP contribution is 2.35. The van der Waals surface area contributed by atoms with Gasteiger partial charge in [0, 0.05) is 25.8 Å². The van der Waals surface area contributed by atoms with Gasteiger partial charge in [-0.15, -0.1) is 4.40 Å². The van der Waals surface area contributed by atoms with Gasteiger partial charge < -0.3 is 19.4 Å². The molecular formula is C22H24N4O5S. The minimum Gasteiger partial charge on any atom is -0.476 e. The molecule has 1 fully saturated rings. The van der Waals surface area contributed by atoms with Crippen molar-refractivity contribution < 1.29 is 22.7 Å². The maximum Gasteiger partial charge on any atom is 0.265 e. The second kappa shape index (κ2) is 8.09. The molecule has 0 unspecified atom stereocenters. The number of rotatable bonds is 2. The molecule has 1 aromatic rings. The van der Waals surface area contributed by atoms with Crippen molar-refractivity contribution in [3.05, 3.63) is 48.2 Å². The summed E-state index contributed by atoms with van der Waals surface area (Å²) in [5.74, 6) is 0.319. The smallest absolute Gasteiger partial charge is 0.265 e. The van der Waals surface area contributed by atoms with Crippen LogP contribution < -0.4 is 9.64 Å². The first-order chi connectivity index (χ1) is 15.4. The van der Waals surface area contributed by atoms with Crippen LogP contribution in [0, 0.1) is 0 Å². The Labute approximate surface area is 186 Å². The second-order valence-electron chi connectivity index (χ2n) is 8.22. The molecule has 9 nitrogen and oxygen atoms in total. The molecule has 0 saturated carbocycles. The first-order valence-electron chi connectivity index (χ1n) is 10.8. The summed E-state index contributed by atoms with van der Waals surface area (Å²) in [6.45, 7) is 1.77. The Hall–Kier alpha value is -3.14. The summed E-state index contributed by atoms with van der Waals surface area (Å²) in [7, 11) is -3.47. The van der Waals surface area contributed by atoms with Gasteiger partial charge in [0.2, 0.25) is 0 Å². The Morgan fingerprint density at radius 3 is 2.62 bits per heavy atom. The number of benzene rings is 1. The van der Waals surface area contributed by atoms with Gasteiger partial charge in [-0.1, -0.05) is 12.1 Å². The summed E-state index contributed by atoms with van der Waals surface area (Å²) in [4.78, 5) is 31.7. The van der Waals surface area contributed by atoms with E-state index in [4.69, 9.17) is 4.74 Å². The number of sulfonamides is 1. The van der Waals surface area contributed by atoms with E-state index in [9.17, 15) is 18.0 Å². The van der Waals surface area contributed by atoms with Gasteiger partial charge in [-0.25, -0.2) is 8.42 Å². The minimum absolute atomic E-state index is 0.0965. The molecule has 0 aliphatic carbocycles. The molecule has 0 bridgehead atoms. The molecule has 0 spiro atoms. The number of anilines is 1. The number of likely N-dealkylation sites (tertiary alicyclic amines) is 1. The van der Waals surface area contributed by atoms with Crippen molar-refractivity contribution in [2.75, 3.05) is 36.8 Å². The molecule has 4 aliphatic rings. The van der Waals surface area contributed by atoms with Gasteiger partial charge in [-0.2, -0.15) is 0 Å². The van der Waals surface area contributed by atoms with Crippen LogP contribution in [-0.4, -0.2) is 73.9 Å². The number of carbonyl (C=O) groups is 2. The topological polar surface area (TPSA) is 99.6 Å². The van der Waals surface area contributed by atoms with E-state index in [1.807, 2.05) is 17.0 Å². The van der Waals surface area contributed by atoms with Crippen LogP contribution in [-0.2, 0) is 19.6 Å². The Morgan fingerprint density at radius 1 is 1.03 bits per heavy atom. The van der Waals surface area contributed by atoms with Crippen molar-refractivity contribution in [2.45, 2.75) is 25.4 Å². The molecule has 1 atom stereocenters. The lowest BCUT2D eigenvalue weighted by atomic mass is 10.1. The number of carbonyl (C=O) groups excluding carboxylic acids is 2. The number of para-hydroxylation sites is 2. The standard InChI is InChI=1S/C22H24N4O5S/c27-21(16-8-9-20-23-32(29,30)13-12-25(20)14-16)26-15-19(22(28)24-10-4-1-5-11-24)31-18-7-3-2-6-17(18)26/h2-3,6-9,14,19H,1,4-5,10-13,15H2/t19-/m0/s1. The second-order valence-corrected chi connectivity index (χ2v) is 9.98. The van der Waals surface area contributed by atoms with Crippen molar-refractivity contribution in [2.24, 2.45) is 4.40 Å². The average Bonchev–Trinajstić information content (AvgIpc) is 2.82. The summed E-state index contributed by atoms with van der Waals surface area (Å²) in [5.41, 5.74) is 0.999. The number of amidine groups is 1. The van der Waals surface area contributed by atoms with E-state index < -0.39 is 16.1 Å². The zero-order valence-corrected chi connectivity index (χ0v) is 18.3. The third kappa shape index (κ3) is 3.90. The van der Waals surface area contributed by atoms with Crippen molar-refractivity contribution in [1.29, 1.82) is 0 Å². The largest absolute Gasteiger partial charge is 0.476 e. The molecule has 1 saturated heterocycles. The van der Waals surface area contributed by atoms with Crippen LogP contribution in [0.4, 0.5) is 5.69 Å². The summed E-state index contributed by atoms with van der Waals surface area (Å²) in [6.07, 6.45) is 7.03. The van der Waals surface area contributed by atoms with Crippen molar-refractivity contribution in [1.82, 2.24) is 9.80 Å². The highest BCUT2D eigenvalue weighted by molar-refractivity contribution is 7.90. The normalized spacial score (nSPS) is 24.0. The predicted octanol–water partition coefficient (Wildman–Crippen LogP) is 1.29. The lowest BCUT2D eigenvalue weighted by molar-refractivity contribution is -0.139. The number of nitrogens with zero attached hydrogens (tertiary/aromatic N) is 4. The molecule has 5 rings (SSSR count). The number of hydrogen-bond donors (Lipinski definition) is 0. The van der Waals surface area contributed by atoms with Crippen LogP contribution in [0.5, 0.6) is 5.75 Å². The van der Waals surface area contributed by atoms with Gasteiger partial charge in [0.1, 0.15) is 11.6 Å². The van der Waals surface area contributed by atoms with Gasteiger partial charge in [0.05, 0.1) is 23.6 Å². The fourth-order valence-electron chi connectivity index (χ4n) is 4.36. The van der Waals surface area contributed by atoms with Crippen LogP contribution in [0.2, 0.25) is 0 Å². The zero-order valence-electron chi connectivity index (χ0n) is 17.5. The van der Waals surface area contributed by atoms with E-state index in [1.54, 1.807) is 34.2 Å². The molecule has 0 N–H and O–H groups in total. The fraction of sp³-hybridized carbons (Fsp3) is 0.409. The number of amides is 2. The Balaban J connectivity index is 1.42. The molecule has 0 radical (unpaired) electrons. The van der Waals surface area contributed by atoms with Crippen LogP contribution in [0.15, 0.2) is 52.6 Å². The maximum atomic E-state index is 13.5. The first-order valence-corrected chi connectivity index (χ1v) is 12.4. The SMILES string of the molecule is O=C([C@@H]1CN(C(=O)C2=CN3CCS(=O)(=O)N=C3C=C2)c2ccccc2O1)N1CCCCC1. The monoisotopic (exact) mass is 456 g/mol. The third-order valence-corrected chi connectivity index (χ3v) is 7.20.